The fourth-order valence-electron chi connectivity index (χ4n) is 4.30. The molecule has 4 aromatic rings. The number of hydrogen-bond acceptors (Lipinski definition) is 5. The normalized spacial score (nSPS) is 19.4. The Kier molecular flexibility index (Phi) is 4.99. The van der Waals surface area contributed by atoms with Gasteiger partial charge in [-0.2, -0.15) is 4.98 Å². The van der Waals surface area contributed by atoms with Gasteiger partial charge in [0.2, 0.25) is 11.9 Å². The molecule has 7 nitrogen and oxygen atoms in total. The van der Waals surface area contributed by atoms with Crippen LogP contribution < -0.4 is 10.6 Å². The van der Waals surface area contributed by atoms with Crippen LogP contribution in [-0.2, 0) is 11.3 Å². The van der Waals surface area contributed by atoms with Crippen molar-refractivity contribution < 1.29 is 4.79 Å². The highest BCUT2D eigenvalue weighted by molar-refractivity contribution is 6.30. The number of benzene rings is 1. The molecule has 2 aliphatic rings. The Balaban J connectivity index is 1.08. The van der Waals surface area contributed by atoms with Crippen LogP contribution in [0.1, 0.15) is 47.9 Å². The Bertz CT molecular complexity index is 1350. The molecule has 2 aliphatic carbocycles. The van der Waals surface area contributed by atoms with E-state index in [-0.39, 0.29) is 17.7 Å². The molecule has 1 aromatic carbocycles. The van der Waals surface area contributed by atoms with E-state index in [1.807, 2.05) is 30.5 Å². The molecule has 1 amide bonds. The van der Waals surface area contributed by atoms with E-state index in [1.54, 1.807) is 12.3 Å². The molecule has 6 rings (SSSR count). The summed E-state index contributed by atoms with van der Waals surface area (Å²) in [4.78, 5) is 26.0. The molecule has 2 fully saturated rings. The second-order valence-corrected chi connectivity index (χ2v) is 9.28. The largest absolute Gasteiger partial charge is 0.348 e. The molecule has 2 N–H and O–H groups in total. The number of carbonyl (C=O) groups excluding carboxylic acids is 1. The van der Waals surface area contributed by atoms with Crippen LogP contribution in [0.25, 0.3) is 5.65 Å². The monoisotopic (exact) mass is 458 g/mol. The van der Waals surface area contributed by atoms with E-state index >= 15 is 0 Å². The number of pyridine rings is 1. The standard InChI is InChI=1S/C25H23ClN6O/c26-18-3-1-2-16(10-18)20-11-21(20)24(33)30-22-8-9-27-25(31-22)28-12-19-14-32-13-17(15-4-5-15)6-7-23(32)29-19/h1-3,6-10,13-15,20-21H,4-5,11-12H2,(H2,27,28,30,31,33)/t20-,21+/m1/s1. The minimum atomic E-state index is -0.0617. The molecule has 0 unspecified atom stereocenters. The lowest BCUT2D eigenvalue weighted by Crippen LogP contribution is -2.16. The number of imidazole rings is 1. The van der Waals surface area contributed by atoms with Crippen LogP contribution in [0.2, 0.25) is 5.02 Å². The van der Waals surface area contributed by atoms with E-state index in [4.69, 9.17) is 11.6 Å². The first-order valence-electron chi connectivity index (χ1n) is 11.2. The first kappa shape index (κ1) is 20.2. The van der Waals surface area contributed by atoms with Crippen molar-refractivity contribution in [3.05, 3.63) is 82.9 Å². The summed E-state index contributed by atoms with van der Waals surface area (Å²) in [6.07, 6.45) is 9.21. The quantitative estimate of drug-likeness (QED) is 0.406. The second kappa shape index (κ2) is 8.15. The van der Waals surface area contributed by atoms with Crippen LogP contribution in [0.4, 0.5) is 11.8 Å². The molecule has 0 aliphatic heterocycles. The van der Waals surface area contributed by atoms with Gasteiger partial charge >= 0.3 is 0 Å². The molecular formula is C25H23ClN6O. The van der Waals surface area contributed by atoms with Crippen LogP contribution in [-0.4, -0.2) is 25.3 Å². The van der Waals surface area contributed by atoms with E-state index in [1.165, 1.54) is 18.4 Å². The molecule has 0 saturated heterocycles. The Labute approximate surface area is 196 Å². The minimum Gasteiger partial charge on any atom is -0.348 e. The maximum absolute atomic E-state index is 12.7. The van der Waals surface area contributed by atoms with Gasteiger partial charge in [-0.25, -0.2) is 9.97 Å². The zero-order valence-corrected chi connectivity index (χ0v) is 18.7. The zero-order valence-electron chi connectivity index (χ0n) is 17.9. The Morgan fingerprint density at radius 1 is 1.09 bits per heavy atom. The number of rotatable bonds is 7. The van der Waals surface area contributed by atoms with E-state index in [0.29, 0.717) is 29.3 Å². The van der Waals surface area contributed by atoms with Crippen molar-refractivity contribution in [3.8, 4) is 0 Å². The van der Waals surface area contributed by atoms with Crippen LogP contribution in [0, 0.1) is 5.92 Å². The van der Waals surface area contributed by atoms with Gasteiger partial charge in [0.05, 0.1) is 12.2 Å². The highest BCUT2D eigenvalue weighted by atomic mass is 35.5. The Morgan fingerprint density at radius 2 is 2.00 bits per heavy atom. The van der Waals surface area contributed by atoms with Crippen molar-refractivity contribution in [3.63, 3.8) is 0 Å². The lowest BCUT2D eigenvalue weighted by atomic mass is 10.1. The lowest BCUT2D eigenvalue weighted by Gasteiger charge is -2.07. The third-order valence-electron chi connectivity index (χ3n) is 6.31. The Hall–Kier alpha value is -3.45. The molecule has 0 bridgehead atoms. The van der Waals surface area contributed by atoms with Gasteiger partial charge in [0.25, 0.3) is 0 Å². The Morgan fingerprint density at radius 3 is 2.85 bits per heavy atom. The molecule has 33 heavy (non-hydrogen) atoms. The van der Waals surface area contributed by atoms with Crippen LogP contribution >= 0.6 is 11.6 Å². The molecule has 0 spiro atoms. The molecule has 166 valence electrons. The number of halogens is 1. The van der Waals surface area contributed by atoms with E-state index in [2.05, 4.69) is 48.3 Å². The highest BCUT2D eigenvalue weighted by Crippen LogP contribution is 2.48. The van der Waals surface area contributed by atoms with E-state index in [0.717, 1.165) is 23.3 Å². The minimum absolute atomic E-state index is 0.0311. The average Bonchev–Trinajstić information content (AvgIpc) is 3.74. The van der Waals surface area contributed by atoms with Gasteiger partial charge in [0.15, 0.2) is 0 Å². The molecule has 0 radical (unpaired) electrons. The number of anilines is 2. The van der Waals surface area contributed by atoms with Crippen LogP contribution in [0.5, 0.6) is 0 Å². The summed E-state index contributed by atoms with van der Waals surface area (Å²) in [5.41, 5.74) is 4.31. The number of fused-ring (bicyclic) bond motifs is 1. The lowest BCUT2D eigenvalue weighted by molar-refractivity contribution is -0.117. The molecule has 3 aromatic heterocycles. The second-order valence-electron chi connectivity index (χ2n) is 8.85. The van der Waals surface area contributed by atoms with Gasteiger partial charge in [0.1, 0.15) is 11.5 Å². The SMILES string of the molecule is O=C(Nc1ccnc(NCc2cn3cc(C4CC4)ccc3n2)n1)[C@H]1C[C@@H]1c1cccc(Cl)c1. The number of amides is 1. The fraction of sp³-hybridized carbons (Fsp3) is 0.280. The number of nitrogens with one attached hydrogen (secondary N) is 2. The summed E-state index contributed by atoms with van der Waals surface area (Å²) in [7, 11) is 0. The van der Waals surface area contributed by atoms with E-state index in [9.17, 15) is 4.79 Å². The maximum atomic E-state index is 12.7. The highest BCUT2D eigenvalue weighted by Gasteiger charge is 2.44. The van der Waals surface area contributed by atoms with Crippen molar-refractivity contribution in [2.45, 2.75) is 37.6 Å². The summed E-state index contributed by atoms with van der Waals surface area (Å²) in [6, 6.07) is 13.6. The smallest absolute Gasteiger partial charge is 0.229 e. The molecular weight excluding hydrogens is 436 g/mol. The molecule has 2 saturated carbocycles. The predicted molar refractivity (Wildman–Crippen MR) is 127 cm³/mol. The third kappa shape index (κ3) is 4.41. The van der Waals surface area contributed by atoms with Gasteiger partial charge in [-0.15, -0.1) is 0 Å². The van der Waals surface area contributed by atoms with Crippen molar-refractivity contribution >= 4 is 34.9 Å². The third-order valence-corrected chi connectivity index (χ3v) is 6.55. The van der Waals surface area contributed by atoms with Crippen molar-refractivity contribution in [2.75, 3.05) is 10.6 Å². The fourth-order valence-corrected chi connectivity index (χ4v) is 4.50. The van der Waals surface area contributed by atoms with E-state index < -0.39 is 0 Å². The summed E-state index contributed by atoms with van der Waals surface area (Å²) >= 11 is 6.08. The molecule has 2 atom stereocenters. The topological polar surface area (TPSA) is 84.2 Å². The molecule has 3 heterocycles. The summed E-state index contributed by atoms with van der Waals surface area (Å²) in [6.45, 7) is 0.497. The first-order valence-corrected chi connectivity index (χ1v) is 11.6. The number of hydrogen-bond donors (Lipinski definition) is 2. The van der Waals surface area contributed by atoms with Gasteiger partial charge in [-0.05, 0) is 66.5 Å². The van der Waals surface area contributed by atoms with Gasteiger partial charge in [-0.1, -0.05) is 29.8 Å². The summed E-state index contributed by atoms with van der Waals surface area (Å²) in [5.74, 6) is 1.76. The van der Waals surface area contributed by atoms with Crippen LogP contribution in [0.15, 0.2) is 61.1 Å². The summed E-state index contributed by atoms with van der Waals surface area (Å²) in [5, 5.41) is 6.82. The van der Waals surface area contributed by atoms with Gasteiger partial charge in [0, 0.05) is 29.5 Å². The predicted octanol–water partition coefficient (Wildman–Crippen LogP) is 5.01. The van der Waals surface area contributed by atoms with Crippen molar-refractivity contribution in [2.24, 2.45) is 5.92 Å². The average molecular weight is 459 g/mol. The number of carbonyl (C=O) groups is 1. The van der Waals surface area contributed by atoms with Gasteiger partial charge < -0.3 is 15.0 Å². The number of nitrogens with zero attached hydrogens (tertiary/aromatic N) is 4. The number of aromatic nitrogens is 4. The molecule has 8 heteroatoms. The van der Waals surface area contributed by atoms with Crippen LogP contribution in [0.3, 0.4) is 0 Å². The zero-order chi connectivity index (χ0) is 22.4. The maximum Gasteiger partial charge on any atom is 0.229 e. The van der Waals surface area contributed by atoms with Gasteiger partial charge in [-0.3, -0.25) is 4.79 Å². The van der Waals surface area contributed by atoms with Crippen molar-refractivity contribution in [1.29, 1.82) is 0 Å². The summed E-state index contributed by atoms with van der Waals surface area (Å²) < 4.78 is 2.08. The van der Waals surface area contributed by atoms with Crippen molar-refractivity contribution in [1.82, 2.24) is 19.4 Å². The first-order chi connectivity index (χ1) is 16.1.